The van der Waals surface area contributed by atoms with E-state index in [-0.39, 0.29) is 17.4 Å². The van der Waals surface area contributed by atoms with Crippen LogP contribution >= 0.6 is 0 Å². The van der Waals surface area contributed by atoms with E-state index in [9.17, 15) is 18.8 Å². The summed E-state index contributed by atoms with van der Waals surface area (Å²) in [5.74, 6) is -1.94. The Kier molecular flexibility index (Phi) is 6.22. The first-order valence-electron chi connectivity index (χ1n) is 8.15. The van der Waals surface area contributed by atoms with E-state index in [0.717, 1.165) is 6.07 Å². The van der Waals surface area contributed by atoms with E-state index in [0.29, 0.717) is 16.8 Å². The molecule has 0 radical (unpaired) electrons. The molecule has 0 saturated heterocycles. The van der Waals surface area contributed by atoms with Gasteiger partial charge in [0, 0.05) is 17.2 Å². The van der Waals surface area contributed by atoms with Crippen molar-refractivity contribution in [3.63, 3.8) is 0 Å². The SMILES string of the molecule is Cc1ccc(C(=O)OCC(=O)c2ccc(NC(=O)C(C)C)cc2)cc1F. The molecule has 0 aliphatic rings. The Hall–Kier alpha value is -3.02. The van der Waals surface area contributed by atoms with Gasteiger partial charge in [0.1, 0.15) is 5.82 Å². The number of Topliss-reactive ketones (excluding diaryl/α,β-unsaturated/α-hetero) is 1. The smallest absolute Gasteiger partial charge is 0.338 e. The van der Waals surface area contributed by atoms with Gasteiger partial charge in [-0.2, -0.15) is 0 Å². The molecule has 6 heteroatoms. The van der Waals surface area contributed by atoms with Crippen LogP contribution in [0.2, 0.25) is 0 Å². The van der Waals surface area contributed by atoms with Crippen molar-refractivity contribution in [2.45, 2.75) is 20.8 Å². The molecule has 0 fully saturated rings. The number of hydrogen-bond donors (Lipinski definition) is 1. The molecule has 2 aromatic rings. The minimum absolute atomic E-state index is 0.0487. The Morgan fingerprint density at radius 3 is 2.23 bits per heavy atom. The number of nitrogens with one attached hydrogen (secondary N) is 1. The standard InChI is InChI=1S/C20H20FNO4/c1-12(2)19(24)22-16-8-6-14(7-9-16)18(23)11-26-20(25)15-5-4-13(3)17(21)10-15/h4-10,12H,11H2,1-3H3,(H,22,24). The van der Waals surface area contributed by atoms with Gasteiger partial charge in [0.25, 0.3) is 0 Å². The van der Waals surface area contributed by atoms with E-state index < -0.39 is 24.2 Å². The number of benzene rings is 2. The Bertz CT molecular complexity index is 828. The highest BCUT2D eigenvalue weighted by Crippen LogP contribution is 2.13. The van der Waals surface area contributed by atoms with Crippen molar-refractivity contribution in [3.8, 4) is 0 Å². The van der Waals surface area contributed by atoms with Crippen LogP contribution in [0.5, 0.6) is 0 Å². The van der Waals surface area contributed by atoms with Crippen LogP contribution in [0.3, 0.4) is 0 Å². The average molecular weight is 357 g/mol. The minimum Gasteiger partial charge on any atom is -0.454 e. The summed E-state index contributed by atoms with van der Waals surface area (Å²) in [7, 11) is 0. The lowest BCUT2D eigenvalue weighted by molar-refractivity contribution is -0.118. The quantitative estimate of drug-likeness (QED) is 0.631. The van der Waals surface area contributed by atoms with Crippen LogP contribution in [-0.2, 0) is 9.53 Å². The molecular weight excluding hydrogens is 337 g/mol. The molecule has 0 aliphatic carbocycles. The second-order valence-electron chi connectivity index (χ2n) is 6.18. The molecule has 0 atom stereocenters. The number of esters is 1. The molecule has 0 bridgehead atoms. The van der Waals surface area contributed by atoms with Crippen molar-refractivity contribution in [1.29, 1.82) is 0 Å². The predicted molar refractivity (Wildman–Crippen MR) is 95.7 cm³/mol. The normalized spacial score (nSPS) is 10.5. The van der Waals surface area contributed by atoms with Gasteiger partial charge in [-0.3, -0.25) is 9.59 Å². The van der Waals surface area contributed by atoms with Crippen molar-refractivity contribution < 1.29 is 23.5 Å². The molecule has 5 nitrogen and oxygen atoms in total. The van der Waals surface area contributed by atoms with Gasteiger partial charge in [-0.1, -0.05) is 19.9 Å². The Balaban J connectivity index is 1.94. The largest absolute Gasteiger partial charge is 0.454 e. The summed E-state index contributed by atoms with van der Waals surface area (Å²) < 4.78 is 18.4. The lowest BCUT2D eigenvalue weighted by Gasteiger charge is -2.08. The summed E-state index contributed by atoms with van der Waals surface area (Å²) in [6.45, 7) is 4.69. The van der Waals surface area contributed by atoms with Gasteiger partial charge < -0.3 is 10.1 Å². The Morgan fingerprint density at radius 2 is 1.65 bits per heavy atom. The van der Waals surface area contributed by atoms with E-state index in [1.54, 1.807) is 32.9 Å². The number of hydrogen-bond acceptors (Lipinski definition) is 4. The fourth-order valence-electron chi connectivity index (χ4n) is 2.04. The third-order valence-electron chi connectivity index (χ3n) is 3.74. The molecule has 1 amide bonds. The van der Waals surface area contributed by atoms with Crippen molar-refractivity contribution >= 4 is 23.3 Å². The number of halogens is 1. The molecule has 26 heavy (non-hydrogen) atoms. The highest BCUT2D eigenvalue weighted by Gasteiger charge is 2.14. The first-order valence-corrected chi connectivity index (χ1v) is 8.15. The van der Waals surface area contributed by atoms with E-state index in [2.05, 4.69) is 5.32 Å². The van der Waals surface area contributed by atoms with Gasteiger partial charge in [-0.25, -0.2) is 9.18 Å². The second-order valence-corrected chi connectivity index (χ2v) is 6.18. The highest BCUT2D eigenvalue weighted by molar-refractivity contribution is 6.00. The first kappa shape index (κ1) is 19.3. The van der Waals surface area contributed by atoms with Crippen molar-refractivity contribution in [1.82, 2.24) is 0 Å². The maximum atomic E-state index is 13.5. The molecule has 136 valence electrons. The van der Waals surface area contributed by atoms with Gasteiger partial charge in [0.05, 0.1) is 5.56 Å². The number of ether oxygens (including phenoxy) is 1. The highest BCUT2D eigenvalue weighted by atomic mass is 19.1. The third kappa shape index (κ3) is 4.99. The van der Waals surface area contributed by atoms with Gasteiger partial charge >= 0.3 is 5.97 Å². The molecule has 0 heterocycles. The number of rotatable bonds is 6. The molecule has 2 aromatic carbocycles. The van der Waals surface area contributed by atoms with Crippen molar-refractivity contribution in [3.05, 3.63) is 65.0 Å². The molecule has 0 spiro atoms. The first-order chi connectivity index (χ1) is 12.3. The fraction of sp³-hybridized carbons (Fsp3) is 0.250. The Morgan fingerprint density at radius 1 is 1.04 bits per heavy atom. The van der Waals surface area contributed by atoms with Crippen LogP contribution < -0.4 is 5.32 Å². The van der Waals surface area contributed by atoms with Crippen LogP contribution in [0, 0.1) is 18.7 Å². The Labute approximate surface area is 151 Å². The lowest BCUT2D eigenvalue weighted by Crippen LogP contribution is -2.18. The van der Waals surface area contributed by atoms with Crippen LogP contribution in [0.1, 0.15) is 40.1 Å². The zero-order chi connectivity index (χ0) is 19.3. The van der Waals surface area contributed by atoms with Crippen LogP contribution in [0.15, 0.2) is 42.5 Å². The van der Waals surface area contributed by atoms with Gasteiger partial charge in [0.2, 0.25) is 5.91 Å². The minimum atomic E-state index is -0.766. The third-order valence-corrected chi connectivity index (χ3v) is 3.74. The summed E-state index contributed by atoms with van der Waals surface area (Å²) >= 11 is 0. The summed E-state index contributed by atoms with van der Waals surface area (Å²) in [5, 5.41) is 2.72. The number of anilines is 1. The summed E-state index contributed by atoms with van der Waals surface area (Å²) in [6, 6.07) is 10.3. The molecule has 2 rings (SSSR count). The van der Waals surface area contributed by atoms with Gasteiger partial charge in [-0.05, 0) is 48.9 Å². The summed E-state index contributed by atoms with van der Waals surface area (Å²) in [4.78, 5) is 35.6. The molecule has 1 N–H and O–H groups in total. The van der Waals surface area contributed by atoms with Gasteiger partial charge in [0.15, 0.2) is 12.4 Å². The number of amides is 1. The number of aryl methyl sites for hydroxylation is 1. The second kappa shape index (κ2) is 8.38. The molecule has 0 unspecified atom stereocenters. The zero-order valence-corrected chi connectivity index (χ0v) is 14.8. The summed E-state index contributed by atoms with van der Waals surface area (Å²) in [6.07, 6.45) is 0. The van der Waals surface area contributed by atoms with Crippen LogP contribution in [0.25, 0.3) is 0 Å². The fourth-order valence-corrected chi connectivity index (χ4v) is 2.04. The number of carbonyl (C=O) groups is 3. The zero-order valence-electron chi connectivity index (χ0n) is 14.8. The van der Waals surface area contributed by atoms with Crippen molar-refractivity contribution in [2.24, 2.45) is 5.92 Å². The maximum absolute atomic E-state index is 13.5. The number of ketones is 1. The monoisotopic (exact) mass is 357 g/mol. The van der Waals surface area contributed by atoms with E-state index >= 15 is 0 Å². The maximum Gasteiger partial charge on any atom is 0.338 e. The van der Waals surface area contributed by atoms with Crippen LogP contribution in [0.4, 0.5) is 10.1 Å². The van der Waals surface area contributed by atoms with Crippen molar-refractivity contribution in [2.75, 3.05) is 11.9 Å². The lowest BCUT2D eigenvalue weighted by atomic mass is 10.1. The topological polar surface area (TPSA) is 72.5 Å². The van der Waals surface area contributed by atoms with Gasteiger partial charge in [-0.15, -0.1) is 0 Å². The molecular formula is C20H20FNO4. The molecule has 0 aliphatic heterocycles. The van der Waals surface area contributed by atoms with Crippen LogP contribution in [-0.4, -0.2) is 24.3 Å². The molecule has 0 aromatic heterocycles. The van der Waals surface area contributed by atoms with E-state index in [1.807, 2.05) is 0 Å². The molecule has 0 saturated carbocycles. The average Bonchev–Trinajstić information content (AvgIpc) is 2.62. The predicted octanol–water partition coefficient (Wildman–Crippen LogP) is 3.77. The van der Waals surface area contributed by atoms with E-state index in [1.165, 1.54) is 24.3 Å². The van der Waals surface area contributed by atoms with E-state index in [4.69, 9.17) is 4.74 Å². The summed E-state index contributed by atoms with van der Waals surface area (Å²) in [5.41, 5.74) is 1.39. The number of carbonyl (C=O) groups excluding carboxylic acids is 3.